The molecule has 5 heteroatoms. The summed E-state index contributed by atoms with van der Waals surface area (Å²) in [5.41, 5.74) is -0.229. The van der Waals surface area contributed by atoms with Crippen molar-refractivity contribution in [3.05, 3.63) is 15.6 Å². The Morgan fingerprint density at radius 2 is 2.29 bits per heavy atom. The number of ether oxygens (including phenoxy) is 1. The molecule has 0 aliphatic heterocycles. The van der Waals surface area contributed by atoms with Crippen LogP contribution < -0.4 is 5.32 Å². The molecule has 4 nitrogen and oxygen atoms in total. The fourth-order valence-electron chi connectivity index (χ4n) is 1.97. The molecule has 1 heterocycles. The van der Waals surface area contributed by atoms with Gasteiger partial charge >= 0.3 is 0 Å². The van der Waals surface area contributed by atoms with Crippen molar-refractivity contribution >= 4 is 28.4 Å². The lowest BCUT2D eigenvalue weighted by Crippen LogP contribution is -2.38. The van der Waals surface area contributed by atoms with E-state index in [0.717, 1.165) is 41.0 Å². The molecule has 0 atom stereocenters. The molecule has 1 aromatic heterocycles. The van der Waals surface area contributed by atoms with Crippen LogP contribution in [0.2, 0.25) is 0 Å². The monoisotopic (exact) mass is 347 g/mol. The molecule has 0 unspecified atom stereocenters. The highest BCUT2D eigenvalue weighted by atomic mass is 127. The first kappa shape index (κ1) is 13.0. The lowest BCUT2D eigenvalue weighted by atomic mass is 9.79. The van der Waals surface area contributed by atoms with Crippen molar-refractivity contribution in [1.82, 2.24) is 9.97 Å². The van der Waals surface area contributed by atoms with Crippen molar-refractivity contribution in [2.45, 2.75) is 38.2 Å². The van der Waals surface area contributed by atoms with Crippen LogP contribution in [0.4, 0.5) is 5.82 Å². The molecular formula is C12H18IN3O. The van der Waals surface area contributed by atoms with E-state index in [2.05, 4.69) is 44.8 Å². The number of methoxy groups -OCH3 is 1. The fourth-order valence-corrected chi connectivity index (χ4v) is 2.42. The van der Waals surface area contributed by atoms with Gasteiger partial charge in [-0.15, -0.1) is 0 Å². The molecule has 1 saturated carbocycles. The van der Waals surface area contributed by atoms with Gasteiger partial charge in [0.25, 0.3) is 0 Å². The predicted molar refractivity (Wildman–Crippen MR) is 76.1 cm³/mol. The maximum Gasteiger partial charge on any atom is 0.162 e. The second kappa shape index (κ2) is 5.48. The van der Waals surface area contributed by atoms with Crippen LogP contribution in [0.25, 0.3) is 0 Å². The maximum atomic E-state index is 5.60. The Kier molecular flexibility index (Phi) is 4.19. The topological polar surface area (TPSA) is 47.0 Å². The number of anilines is 1. The van der Waals surface area contributed by atoms with E-state index in [1.807, 2.05) is 6.20 Å². The van der Waals surface area contributed by atoms with Gasteiger partial charge in [0.15, 0.2) is 5.82 Å². The SMILES string of the molecule is CCCNc1nc(C2(OC)CCC2)ncc1I. The van der Waals surface area contributed by atoms with Gasteiger partial charge in [-0.25, -0.2) is 9.97 Å². The first-order valence-corrected chi connectivity index (χ1v) is 7.12. The summed E-state index contributed by atoms with van der Waals surface area (Å²) < 4.78 is 6.66. The van der Waals surface area contributed by atoms with Gasteiger partial charge in [-0.05, 0) is 48.3 Å². The first-order valence-electron chi connectivity index (χ1n) is 6.04. The van der Waals surface area contributed by atoms with Crippen LogP contribution >= 0.6 is 22.6 Å². The van der Waals surface area contributed by atoms with Gasteiger partial charge in [-0.1, -0.05) is 6.92 Å². The zero-order chi connectivity index (χ0) is 12.3. The molecular weight excluding hydrogens is 329 g/mol. The number of rotatable bonds is 5. The number of nitrogens with zero attached hydrogens (tertiary/aromatic N) is 2. The van der Waals surface area contributed by atoms with E-state index in [9.17, 15) is 0 Å². The number of aromatic nitrogens is 2. The Balaban J connectivity index is 2.23. The van der Waals surface area contributed by atoms with Gasteiger partial charge in [0.2, 0.25) is 0 Å². The van der Waals surface area contributed by atoms with E-state index in [4.69, 9.17) is 4.74 Å². The third kappa shape index (κ3) is 2.54. The Morgan fingerprint density at radius 1 is 1.53 bits per heavy atom. The van der Waals surface area contributed by atoms with E-state index in [1.165, 1.54) is 6.42 Å². The summed E-state index contributed by atoms with van der Waals surface area (Å²) in [5.74, 6) is 1.76. The summed E-state index contributed by atoms with van der Waals surface area (Å²) in [6, 6.07) is 0. The van der Waals surface area contributed by atoms with Crippen LogP contribution in [0.1, 0.15) is 38.4 Å². The molecule has 0 radical (unpaired) electrons. The molecule has 0 saturated heterocycles. The molecule has 0 amide bonds. The molecule has 0 aromatic carbocycles. The van der Waals surface area contributed by atoms with E-state index >= 15 is 0 Å². The average molecular weight is 347 g/mol. The van der Waals surface area contributed by atoms with Gasteiger partial charge < -0.3 is 10.1 Å². The Bertz CT molecular complexity index is 388. The lowest BCUT2D eigenvalue weighted by molar-refractivity contribution is -0.0845. The number of hydrogen-bond donors (Lipinski definition) is 1. The average Bonchev–Trinajstić information content (AvgIpc) is 2.28. The van der Waals surface area contributed by atoms with Crippen LogP contribution in [0.5, 0.6) is 0 Å². The minimum absolute atomic E-state index is 0.229. The van der Waals surface area contributed by atoms with E-state index in [1.54, 1.807) is 7.11 Å². The van der Waals surface area contributed by atoms with Crippen LogP contribution in [0.15, 0.2) is 6.20 Å². The highest BCUT2D eigenvalue weighted by Crippen LogP contribution is 2.42. The summed E-state index contributed by atoms with van der Waals surface area (Å²) in [5, 5.41) is 3.33. The van der Waals surface area contributed by atoms with Gasteiger partial charge in [0.05, 0.1) is 3.57 Å². The van der Waals surface area contributed by atoms with Crippen molar-refractivity contribution in [3.63, 3.8) is 0 Å². The van der Waals surface area contributed by atoms with Crippen molar-refractivity contribution in [2.24, 2.45) is 0 Å². The molecule has 1 N–H and O–H groups in total. The van der Waals surface area contributed by atoms with E-state index < -0.39 is 0 Å². The molecule has 1 aliphatic rings. The van der Waals surface area contributed by atoms with E-state index in [-0.39, 0.29) is 5.60 Å². The quantitative estimate of drug-likeness (QED) is 0.832. The smallest absolute Gasteiger partial charge is 0.162 e. The normalized spacial score (nSPS) is 17.6. The Hall–Kier alpha value is -0.430. The standard InChI is InChI=1S/C12H18IN3O/c1-3-7-14-10-9(13)8-15-11(16-10)12(17-2)5-4-6-12/h8H,3-7H2,1-2H3,(H,14,15,16). The van der Waals surface area contributed by atoms with E-state index in [0.29, 0.717) is 0 Å². The summed E-state index contributed by atoms with van der Waals surface area (Å²) in [4.78, 5) is 9.05. The number of nitrogens with one attached hydrogen (secondary N) is 1. The third-order valence-electron chi connectivity index (χ3n) is 3.25. The lowest BCUT2D eigenvalue weighted by Gasteiger charge is -2.38. The summed E-state index contributed by atoms with van der Waals surface area (Å²) in [7, 11) is 1.75. The van der Waals surface area contributed by atoms with Gasteiger partial charge in [-0.2, -0.15) is 0 Å². The number of halogens is 1. The minimum Gasteiger partial charge on any atom is -0.370 e. The second-order valence-electron chi connectivity index (χ2n) is 4.37. The summed E-state index contributed by atoms with van der Waals surface area (Å²) in [6.07, 6.45) is 6.21. The molecule has 0 spiro atoms. The van der Waals surface area contributed by atoms with Crippen molar-refractivity contribution in [3.8, 4) is 0 Å². The van der Waals surface area contributed by atoms with Crippen molar-refractivity contribution in [2.75, 3.05) is 19.0 Å². The zero-order valence-corrected chi connectivity index (χ0v) is 12.5. The zero-order valence-electron chi connectivity index (χ0n) is 10.3. The highest BCUT2D eigenvalue weighted by molar-refractivity contribution is 14.1. The van der Waals surface area contributed by atoms with Gasteiger partial charge in [-0.3, -0.25) is 0 Å². The van der Waals surface area contributed by atoms with Crippen LogP contribution in [0.3, 0.4) is 0 Å². The summed E-state index contributed by atoms with van der Waals surface area (Å²) in [6.45, 7) is 3.08. The largest absolute Gasteiger partial charge is 0.370 e. The fraction of sp³-hybridized carbons (Fsp3) is 0.667. The maximum absolute atomic E-state index is 5.60. The van der Waals surface area contributed by atoms with Crippen LogP contribution in [-0.4, -0.2) is 23.6 Å². The van der Waals surface area contributed by atoms with Crippen LogP contribution in [0, 0.1) is 3.57 Å². The number of hydrogen-bond acceptors (Lipinski definition) is 4. The third-order valence-corrected chi connectivity index (χ3v) is 4.04. The molecule has 2 rings (SSSR count). The minimum atomic E-state index is -0.229. The molecule has 1 fully saturated rings. The molecule has 1 aromatic rings. The van der Waals surface area contributed by atoms with Crippen molar-refractivity contribution in [1.29, 1.82) is 0 Å². The first-order chi connectivity index (χ1) is 8.22. The van der Waals surface area contributed by atoms with Crippen LogP contribution in [-0.2, 0) is 10.3 Å². The van der Waals surface area contributed by atoms with Gasteiger partial charge in [0.1, 0.15) is 11.4 Å². The van der Waals surface area contributed by atoms with Crippen molar-refractivity contribution < 1.29 is 4.74 Å². The summed E-state index contributed by atoms with van der Waals surface area (Å²) >= 11 is 2.26. The van der Waals surface area contributed by atoms with Gasteiger partial charge in [0, 0.05) is 19.9 Å². The Labute approximate surface area is 116 Å². The highest BCUT2D eigenvalue weighted by Gasteiger charge is 2.41. The molecule has 17 heavy (non-hydrogen) atoms. The molecule has 94 valence electrons. The predicted octanol–water partition coefficient (Wildman–Crippen LogP) is 2.93. The second-order valence-corrected chi connectivity index (χ2v) is 5.53. The molecule has 1 aliphatic carbocycles. The molecule has 0 bridgehead atoms. The Morgan fingerprint density at radius 3 is 2.82 bits per heavy atom.